The summed E-state index contributed by atoms with van der Waals surface area (Å²) >= 11 is 1.55. The van der Waals surface area contributed by atoms with Crippen molar-refractivity contribution in [3.63, 3.8) is 0 Å². The number of nitrogens with two attached hydrogens (primary N) is 1. The van der Waals surface area contributed by atoms with E-state index < -0.39 is 0 Å². The predicted molar refractivity (Wildman–Crippen MR) is 60.9 cm³/mol. The second-order valence-electron chi connectivity index (χ2n) is 3.39. The SMILES string of the molecule is N[C@@H](Cc1ccc(O)cc1)c1cscn1. The van der Waals surface area contributed by atoms with Crippen LogP contribution in [0.1, 0.15) is 17.3 Å². The first kappa shape index (κ1) is 10.1. The molecule has 2 aromatic rings. The van der Waals surface area contributed by atoms with E-state index in [1.807, 2.05) is 17.5 Å². The summed E-state index contributed by atoms with van der Waals surface area (Å²) in [5.41, 5.74) is 9.80. The van der Waals surface area contributed by atoms with Gasteiger partial charge in [-0.2, -0.15) is 0 Å². The van der Waals surface area contributed by atoms with Crippen molar-refractivity contribution in [2.75, 3.05) is 0 Å². The maximum Gasteiger partial charge on any atom is 0.115 e. The Balaban J connectivity index is 2.06. The Kier molecular flexibility index (Phi) is 2.99. The van der Waals surface area contributed by atoms with Crippen LogP contribution in [0.15, 0.2) is 35.2 Å². The zero-order valence-corrected chi connectivity index (χ0v) is 8.95. The standard InChI is InChI=1S/C11H12N2OS/c12-10(11-6-15-7-13-11)5-8-1-3-9(14)4-2-8/h1-4,6-7,10,14H,5,12H2/t10-/m0/s1. The molecule has 3 N–H and O–H groups in total. The summed E-state index contributed by atoms with van der Waals surface area (Å²) in [5.74, 6) is 0.279. The van der Waals surface area contributed by atoms with Crippen LogP contribution in [-0.4, -0.2) is 10.1 Å². The molecule has 4 heteroatoms. The molecule has 0 spiro atoms. The second kappa shape index (κ2) is 4.42. The largest absolute Gasteiger partial charge is 0.508 e. The Labute approximate surface area is 92.2 Å². The van der Waals surface area contributed by atoms with Gasteiger partial charge in [-0.05, 0) is 24.1 Å². The average molecular weight is 220 g/mol. The molecule has 2 rings (SSSR count). The summed E-state index contributed by atoms with van der Waals surface area (Å²) < 4.78 is 0. The summed E-state index contributed by atoms with van der Waals surface area (Å²) in [6, 6.07) is 7.02. The highest BCUT2D eigenvalue weighted by molar-refractivity contribution is 7.07. The van der Waals surface area contributed by atoms with Crippen molar-refractivity contribution in [1.29, 1.82) is 0 Å². The van der Waals surface area contributed by atoms with Crippen LogP contribution >= 0.6 is 11.3 Å². The predicted octanol–water partition coefficient (Wildman–Crippen LogP) is 2.09. The van der Waals surface area contributed by atoms with Crippen LogP contribution in [-0.2, 0) is 6.42 Å². The molecule has 1 aromatic heterocycles. The number of phenolic OH excluding ortho intramolecular Hbond substituents is 1. The van der Waals surface area contributed by atoms with Crippen LogP contribution in [0.4, 0.5) is 0 Å². The molecule has 1 aromatic carbocycles. The number of hydrogen-bond donors (Lipinski definition) is 2. The van der Waals surface area contributed by atoms with Gasteiger partial charge in [-0.15, -0.1) is 11.3 Å². The summed E-state index contributed by atoms with van der Waals surface area (Å²) in [7, 11) is 0. The summed E-state index contributed by atoms with van der Waals surface area (Å²) in [6.07, 6.45) is 0.740. The van der Waals surface area contributed by atoms with Crippen molar-refractivity contribution >= 4 is 11.3 Å². The van der Waals surface area contributed by atoms with Gasteiger partial charge >= 0.3 is 0 Å². The molecular formula is C11H12N2OS. The van der Waals surface area contributed by atoms with Gasteiger partial charge in [0.2, 0.25) is 0 Å². The first-order valence-electron chi connectivity index (χ1n) is 4.67. The molecule has 0 fully saturated rings. The first-order valence-corrected chi connectivity index (χ1v) is 5.61. The van der Waals surface area contributed by atoms with Gasteiger partial charge in [-0.25, -0.2) is 4.98 Å². The van der Waals surface area contributed by atoms with Crippen LogP contribution in [0.5, 0.6) is 5.75 Å². The summed E-state index contributed by atoms with van der Waals surface area (Å²) in [4.78, 5) is 4.17. The number of aromatic hydroxyl groups is 1. The minimum atomic E-state index is -0.0687. The van der Waals surface area contributed by atoms with E-state index >= 15 is 0 Å². The van der Waals surface area contributed by atoms with Gasteiger partial charge < -0.3 is 10.8 Å². The lowest BCUT2D eigenvalue weighted by molar-refractivity contribution is 0.475. The maximum absolute atomic E-state index is 9.13. The Morgan fingerprint density at radius 2 is 2.07 bits per heavy atom. The van der Waals surface area contributed by atoms with Crippen LogP contribution in [0.3, 0.4) is 0 Å². The van der Waals surface area contributed by atoms with Crippen LogP contribution in [0, 0.1) is 0 Å². The molecule has 1 atom stereocenters. The molecular weight excluding hydrogens is 208 g/mol. The topological polar surface area (TPSA) is 59.1 Å². The smallest absolute Gasteiger partial charge is 0.115 e. The normalized spacial score (nSPS) is 12.6. The quantitative estimate of drug-likeness (QED) is 0.832. The third kappa shape index (κ3) is 2.55. The van der Waals surface area contributed by atoms with Crippen molar-refractivity contribution < 1.29 is 5.11 Å². The Morgan fingerprint density at radius 1 is 1.33 bits per heavy atom. The second-order valence-corrected chi connectivity index (χ2v) is 4.11. The Morgan fingerprint density at radius 3 is 2.67 bits per heavy atom. The fourth-order valence-electron chi connectivity index (χ4n) is 1.40. The molecule has 15 heavy (non-hydrogen) atoms. The number of rotatable bonds is 3. The van der Waals surface area contributed by atoms with E-state index in [4.69, 9.17) is 10.8 Å². The van der Waals surface area contributed by atoms with Gasteiger partial charge in [0, 0.05) is 5.38 Å². The van der Waals surface area contributed by atoms with Gasteiger partial charge in [0.25, 0.3) is 0 Å². The van der Waals surface area contributed by atoms with Crippen molar-refractivity contribution in [3.05, 3.63) is 46.4 Å². The van der Waals surface area contributed by atoms with Crippen molar-refractivity contribution in [2.24, 2.45) is 5.73 Å². The molecule has 0 aliphatic carbocycles. The first-order chi connectivity index (χ1) is 7.25. The molecule has 3 nitrogen and oxygen atoms in total. The lowest BCUT2D eigenvalue weighted by Gasteiger charge is -2.08. The zero-order chi connectivity index (χ0) is 10.7. The van der Waals surface area contributed by atoms with Crippen molar-refractivity contribution in [2.45, 2.75) is 12.5 Å². The number of benzene rings is 1. The number of thiazole rings is 1. The van der Waals surface area contributed by atoms with E-state index in [9.17, 15) is 0 Å². The molecule has 0 unspecified atom stereocenters. The van der Waals surface area contributed by atoms with Gasteiger partial charge in [0.15, 0.2) is 0 Å². The molecule has 0 saturated carbocycles. The molecule has 0 saturated heterocycles. The molecule has 78 valence electrons. The Hall–Kier alpha value is -1.39. The fraction of sp³-hybridized carbons (Fsp3) is 0.182. The van der Waals surface area contributed by atoms with Crippen molar-refractivity contribution in [1.82, 2.24) is 4.98 Å². The molecule has 0 aliphatic rings. The molecule has 0 bridgehead atoms. The van der Waals surface area contributed by atoms with Crippen LogP contribution in [0.25, 0.3) is 0 Å². The fourth-order valence-corrected chi connectivity index (χ4v) is 2.01. The van der Waals surface area contributed by atoms with E-state index in [-0.39, 0.29) is 11.8 Å². The maximum atomic E-state index is 9.13. The molecule has 1 heterocycles. The minimum absolute atomic E-state index is 0.0687. The van der Waals surface area contributed by atoms with E-state index in [0.717, 1.165) is 17.7 Å². The minimum Gasteiger partial charge on any atom is -0.508 e. The highest BCUT2D eigenvalue weighted by Crippen LogP contribution is 2.17. The highest BCUT2D eigenvalue weighted by Gasteiger charge is 2.08. The van der Waals surface area contributed by atoms with Gasteiger partial charge in [0.05, 0.1) is 17.2 Å². The van der Waals surface area contributed by atoms with E-state index in [2.05, 4.69) is 4.98 Å². The highest BCUT2D eigenvalue weighted by atomic mass is 32.1. The summed E-state index contributed by atoms with van der Waals surface area (Å²) in [5, 5.41) is 11.1. The van der Waals surface area contributed by atoms with Gasteiger partial charge in [-0.3, -0.25) is 0 Å². The molecule has 0 amide bonds. The third-order valence-electron chi connectivity index (χ3n) is 2.22. The van der Waals surface area contributed by atoms with E-state index in [1.165, 1.54) is 0 Å². The lowest BCUT2D eigenvalue weighted by atomic mass is 10.0. The number of phenols is 1. The Bertz CT molecular complexity index is 411. The number of aromatic nitrogens is 1. The van der Waals surface area contributed by atoms with E-state index in [1.54, 1.807) is 29.0 Å². The molecule has 0 radical (unpaired) electrons. The number of nitrogens with zero attached hydrogens (tertiary/aromatic N) is 1. The van der Waals surface area contributed by atoms with E-state index in [0.29, 0.717) is 0 Å². The summed E-state index contributed by atoms with van der Waals surface area (Å²) in [6.45, 7) is 0. The monoisotopic (exact) mass is 220 g/mol. The van der Waals surface area contributed by atoms with Crippen LogP contribution in [0.2, 0.25) is 0 Å². The van der Waals surface area contributed by atoms with Gasteiger partial charge in [-0.1, -0.05) is 12.1 Å². The third-order valence-corrected chi connectivity index (χ3v) is 2.83. The van der Waals surface area contributed by atoms with Crippen molar-refractivity contribution in [3.8, 4) is 5.75 Å². The lowest BCUT2D eigenvalue weighted by Crippen LogP contribution is -2.13. The van der Waals surface area contributed by atoms with Gasteiger partial charge in [0.1, 0.15) is 5.75 Å². The van der Waals surface area contributed by atoms with Crippen LogP contribution < -0.4 is 5.73 Å². The zero-order valence-electron chi connectivity index (χ0n) is 8.13. The molecule has 0 aliphatic heterocycles. The number of hydrogen-bond acceptors (Lipinski definition) is 4. The average Bonchev–Trinajstić information content (AvgIpc) is 2.74.